The topological polar surface area (TPSA) is 24.3 Å². The van der Waals surface area contributed by atoms with Gasteiger partial charge in [0, 0.05) is 28.3 Å². The first kappa shape index (κ1) is 37.9. The molecular formula is C54H46N4P2. The quantitative estimate of drug-likeness (QED) is 0.107. The van der Waals surface area contributed by atoms with Gasteiger partial charge in [-0.3, -0.25) is 4.57 Å². The first-order chi connectivity index (χ1) is 29.4. The van der Waals surface area contributed by atoms with Crippen molar-refractivity contribution < 1.29 is 0 Å². The van der Waals surface area contributed by atoms with Crippen LogP contribution in [0.1, 0.15) is 22.3 Å². The molecule has 0 amide bonds. The van der Waals surface area contributed by atoms with E-state index in [2.05, 4.69) is 223 Å². The monoisotopic (exact) mass is 812 g/mol. The van der Waals surface area contributed by atoms with E-state index in [1.54, 1.807) is 0 Å². The van der Waals surface area contributed by atoms with Crippen molar-refractivity contribution in [3.8, 4) is 5.82 Å². The predicted molar refractivity (Wildman–Crippen MR) is 262 cm³/mol. The number of fused-ring (bicyclic) bond motifs is 4. The van der Waals surface area contributed by atoms with E-state index in [0.717, 1.165) is 28.1 Å². The van der Waals surface area contributed by atoms with E-state index < -0.39 is 0 Å². The van der Waals surface area contributed by atoms with Crippen LogP contribution in [-0.4, -0.2) is 42.9 Å². The highest BCUT2D eigenvalue weighted by molar-refractivity contribution is 7.64. The highest BCUT2D eigenvalue weighted by Gasteiger charge is 2.28. The highest BCUT2D eigenvalue weighted by Crippen LogP contribution is 2.46. The van der Waals surface area contributed by atoms with Crippen LogP contribution in [-0.2, 0) is 0 Å². The summed E-state index contributed by atoms with van der Waals surface area (Å²) in [6, 6.07) is 69.2. The van der Waals surface area contributed by atoms with Gasteiger partial charge in [0.15, 0.2) is 0 Å². The minimum Gasteiger partial charge on any atom is -0.321 e. The Kier molecular flexibility index (Phi) is 10.1. The van der Waals surface area contributed by atoms with E-state index >= 15 is 0 Å². The van der Waals surface area contributed by atoms with Crippen molar-refractivity contribution in [2.75, 3.05) is 43.1 Å². The molecule has 0 spiro atoms. The van der Waals surface area contributed by atoms with Gasteiger partial charge in [-0.1, -0.05) is 131 Å². The van der Waals surface area contributed by atoms with Crippen molar-refractivity contribution in [1.82, 2.24) is 9.55 Å². The standard InChI is InChI=1S/C54H46N4P2/c1-59(2)44-23-15-18-39(34-44)54(40-19-16-24-45(35-40)60(3)4)53(41-30-31-47-46-25-8-9-26-48(46)58(51(47)36-41)52-29-12-13-32-55-52)38-17-14-22-43(33-38)57-37-56(42-20-6-5-7-21-42)49-27-10-11-28-50(49)57/h5-36H,37H2,1-4H3. The zero-order valence-electron chi connectivity index (χ0n) is 34.4. The molecule has 0 aliphatic carbocycles. The number of pyridine rings is 1. The van der Waals surface area contributed by atoms with Crippen molar-refractivity contribution >= 4 is 82.2 Å². The number of rotatable bonds is 9. The van der Waals surface area contributed by atoms with Crippen LogP contribution in [0.2, 0.25) is 0 Å². The Labute approximate surface area is 355 Å². The minimum absolute atomic E-state index is 0.316. The van der Waals surface area contributed by atoms with Crippen molar-refractivity contribution in [3.63, 3.8) is 0 Å². The number of hydrogen-bond donors (Lipinski definition) is 0. The Morgan fingerprint density at radius 2 is 0.967 bits per heavy atom. The predicted octanol–water partition coefficient (Wildman–Crippen LogP) is 13.2. The molecule has 1 aliphatic rings. The molecular weight excluding hydrogens is 767 g/mol. The van der Waals surface area contributed by atoms with Gasteiger partial charge in [0.25, 0.3) is 0 Å². The summed E-state index contributed by atoms with van der Waals surface area (Å²) in [6.07, 6.45) is 1.89. The molecule has 60 heavy (non-hydrogen) atoms. The van der Waals surface area contributed by atoms with Crippen LogP contribution >= 0.6 is 15.8 Å². The van der Waals surface area contributed by atoms with Gasteiger partial charge in [0.1, 0.15) is 12.5 Å². The zero-order chi connectivity index (χ0) is 40.7. The molecule has 1 aliphatic heterocycles. The lowest BCUT2D eigenvalue weighted by Gasteiger charge is -2.24. The molecule has 0 bridgehead atoms. The molecule has 9 aromatic rings. The average Bonchev–Trinajstić information content (AvgIpc) is 3.85. The fourth-order valence-electron chi connectivity index (χ4n) is 8.74. The second kappa shape index (κ2) is 16.0. The van der Waals surface area contributed by atoms with E-state index in [1.165, 1.54) is 66.3 Å². The van der Waals surface area contributed by atoms with Crippen LogP contribution in [0.4, 0.5) is 22.7 Å². The molecule has 0 atom stereocenters. The van der Waals surface area contributed by atoms with E-state index in [0.29, 0.717) is 6.67 Å². The van der Waals surface area contributed by atoms with Crippen molar-refractivity contribution in [3.05, 3.63) is 217 Å². The molecule has 0 fully saturated rings. The van der Waals surface area contributed by atoms with E-state index in [-0.39, 0.29) is 15.8 Å². The molecule has 0 radical (unpaired) electrons. The largest absolute Gasteiger partial charge is 0.321 e. The number of nitrogens with zero attached hydrogens (tertiary/aromatic N) is 4. The summed E-state index contributed by atoms with van der Waals surface area (Å²) >= 11 is 0. The summed E-state index contributed by atoms with van der Waals surface area (Å²) < 4.78 is 2.32. The summed E-state index contributed by atoms with van der Waals surface area (Å²) in [5.74, 6) is 0.906. The summed E-state index contributed by atoms with van der Waals surface area (Å²) in [7, 11) is -0.632. The second-order valence-corrected chi connectivity index (χ2v) is 20.4. The van der Waals surface area contributed by atoms with Gasteiger partial charge in [-0.15, -0.1) is 0 Å². The Morgan fingerprint density at radius 1 is 0.433 bits per heavy atom. The molecule has 7 aromatic carbocycles. The molecule has 6 heteroatoms. The van der Waals surface area contributed by atoms with Gasteiger partial charge in [-0.2, -0.15) is 0 Å². The summed E-state index contributed by atoms with van der Waals surface area (Å²) in [5.41, 5.74) is 14.2. The molecule has 0 saturated carbocycles. The lowest BCUT2D eigenvalue weighted by molar-refractivity contribution is 0.991. The zero-order valence-corrected chi connectivity index (χ0v) is 36.2. The van der Waals surface area contributed by atoms with Crippen molar-refractivity contribution in [2.24, 2.45) is 0 Å². The number of hydrogen-bond acceptors (Lipinski definition) is 3. The van der Waals surface area contributed by atoms with Gasteiger partial charge < -0.3 is 9.80 Å². The number of benzene rings is 7. The summed E-state index contributed by atoms with van der Waals surface area (Å²) in [6.45, 7) is 10.1. The van der Waals surface area contributed by atoms with Crippen LogP contribution in [0.25, 0.3) is 38.8 Å². The van der Waals surface area contributed by atoms with Crippen LogP contribution in [0.3, 0.4) is 0 Å². The Bertz CT molecular complexity index is 2990. The number of anilines is 4. The van der Waals surface area contributed by atoms with Gasteiger partial charge >= 0.3 is 0 Å². The lowest BCUT2D eigenvalue weighted by Crippen LogP contribution is -2.23. The third-order valence-electron chi connectivity index (χ3n) is 11.7. The van der Waals surface area contributed by atoms with Crippen molar-refractivity contribution in [1.29, 1.82) is 0 Å². The van der Waals surface area contributed by atoms with E-state index in [9.17, 15) is 0 Å². The molecule has 0 N–H and O–H groups in total. The molecule has 0 saturated heterocycles. The molecule has 4 nitrogen and oxygen atoms in total. The first-order valence-corrected chi connectivity index (χ1v) is 24.9. The Balaban J connectivity index is 1.26. The Hall–Kier alpha value is -6.31. The summed E-state index contributed by atoms with van der Waals surface area (Å²) in [5, 5.41) is 5.20. The van der Waals surface area contributed by atoms with Crippen LogP contribution in [0.5, 0.6) is 0 Å². The summed E-state index contributed by atoms with van der Waals surface area (Å²) in [4.78, 5) is 9.75. The minimum atomic E-state index is -0.316. The number of aromatic nitrogens is 2. The number of para-hydroxylation sites is 4. The van der Waals surface area contributed by atoms with Crippen molar-refractivity contribution in [2.45, 2.75) is 0 Å². The molecule has 292 valence electrons. The van der Waals surface area contributed by atoms with Gasteiger partial charge in [-0.25, -0.2) is 4.98 Å². The van der Waals surface area contributed by atoms with Gasteiger partial charge in [0.05, 0.1) is 22.4 Å². The van der Waals surface area contributed by atoms with Crippen LogP contribution in [0, 0.1) is 0 Å². The molecule has 3 heterocycles. The first-order valence-electron chi connectivity index (χ1n) is 20.5. The average molecular weight is 813 g/mol. The van der Waals surface area contributed by atoms with Crippen LogP contribution in [0.15, 0.2) is 194 Å². The maximum atomic E-state index is 4.88. The lowest BCUT2D eigenvalue weighted by atomic mass is 9.85. The normalized spacial score (nSPS) is 12.5. The highest BCUT2D eigenvalue weighted by atomic mass is 31.1. The smallest absolute Gasteiger partial charge is 0.137 e. The second-order valence-electron chi connectivity index (χ2n) is 15.8. The van der Waals surface area contributed by atoms with Gasteiger partial charge in [0.2, 0.25) is 0 Å². The third-order valence-corrected chi connectivity index (χ3v) is 14.3. The van der Waals surface area contributed by atoms with Crippen LogP contribution < -0.4 is 20.4 Å². The maximum absolute atomic E-state index is 4.88. The van der Waals surface area contributed by atoms with Gasteiger partial charge in [-0.05, 0) is 143 Å². The third kappa shape index (κ3) is 6.90. The molecule has 10 rings (SSSR count). The van der Waals surface area contributed by atoms with E-state index in [4.69, 9.17) is 4.98 Å². The SMILES string of the molecule is CP(C)c1cccc(C(=C(c2cccc(N3CN(c4ccccc4)c4ccccc43)c2)c2ccc3c4ccccc4n(-c4ccccn4)c3c2)c2cccc(P(C)C)c2)c1. The fraction of sp³-hybridized carbons (Fsp3) is 0.0926. The van der Waals surface area contributed by atoms with E-state index in [1.807, 2.05) is 12.3 Å². The fourth-order valence-corrected chi connectivity index (χ4v) is 10.3. The Morgan fingerprint density at radius 3 is 1.62 bits per heavy atom. The molecule has 2 aromatic heterocycles. The molecule has 0 unspecified atom stereocenters. The maximum Gasteiger partial charge on any atom is 0.137 e.